The average Bonchev–Trinajstić information content (AvgIpc) is 2.44. The standard InChI is InChI=1S/C14H27N3O3/c1-9(2)13(15)14(19)16-8-12(18)17-10(3)11-4-6-20-7-5-11/h9-11,13H,4-8,15H2,1-3H3,(H,16,19)(H,17,18)/t10?,13-/m0/s1. The van der Waals surface area contributed by atoms with E-state index >= 15 is 0 Å². The fourth-order valence-corrected chi connectivity index (χ4v) is 2.23. The molecule has 1 fully saturated rings. The molecule has 0 aromatic heterocycles. The van der Waals surface area contributed by atoms with E-state index < -0.39 is 6.04 Å². The van der Waals surface area contributed by atoms with Gasteiger partial charge in [-0.25, -0.2) is 0 Å². The molecule has 6 nitrogen and oxygen atoms in total. The van der Waals surface area contributed by atoms with E-state index in [9.17, 15) is 9.59 Å². The number of ether oxygens (including phenoxy) is 1. The maximum atomic E-state index is 11.8. The van der Waals surface area contributed by atoms with Crippen molar-refractivity contribution < 1.29 is 14.3 Å². The zero-order chi connectivity index (χ0) is 15.1. The van der Waals surface area contributed by atoms with Crippen molar-refractivity contribution in [2.24, 2.45) is 17.6 Å². The third kappa shape index (κ3) is 5.46. The van der Waals surface area contributed by atoms with Crippen LogP contribution in [0.3, 0.4) is 0 Å². The fraction of sp³-hybridized carbons (Fsp3) is 0.857. The van der Waals surface area contributed by atoms with Crippen LogP contribution in [0.15, 0.2) is 0 Å². The van der Waals surface area contributed by atoms with E-state index in [1.54, 1.807) is 0 Å². The molecule has 1 saturated heterocycles. The summed E-state index contributed by atoms with van der Waals surface area (Å²) < 4.78 is 5.30. The molecule has 1 heterocycles. The Morgan fingerprint density at radius 2 is 1.85 bits per heavy atom. The summed E-state index contributed by atoms with van der Waals surface area (Å²) in [5.41, 5.74) is 5.71. The number of nitrogens with two attached hydrogens (primary N) is 1. The molecule has 6 heteroatoms. The zero-order valence-electron chi connectivity index (χ0n) is 12.6. The van der Waals surface area contributed by atoms with Crippen molar-refractivity contribution in [1.29, 1.82) is 0 Å². The molecule has 116 valence electrons. The summed E-state index contributed by atoms with van der Waals surface area (Å²) in [7, 11) is 0. The summed E-state index contributed by atoms with van der Waals surface area (Å²) in [6.45, 7) is 7.23. The van der Waals surface area contributed by atoms with Crippen molar-refractivity contribution in [2.75, 3.05) is 19.8 Å². The van der Waals surface area contributed by atoms with Crippen molar-refractivity contribution >= 4 is 11.8 Å². The van der Waals surface area contributed by atoms with Crippen molar-refractivity contribution in [2.45, 2.75) is 45.7 Å². The van der Waals surface area contributed by atoms with E-state index in [2.05, 4.69) is 10.6 Å². The van der Waals surface area contributed by atoms with Gasteiger partial charge in [-0.2, -0.15) is 0 Å². The van der Waals surface area contributed by atoms with Gasteiger partial charge in [0.2, 0.25) is 11.8 Å². The summed E-state index contributed by atoms with van der Waals surface area (Å²) in [4.78, 5) is 23.4. The summed E-state index contributed by atoms with van der Waals surface area (Å²) in [6.07, 6.45) is 1.93. The second-order valence-corrected chi connectivity index (χ2v) is 5.79. The molecule has 0 aromatic carbocycles. The van der Waals surface area contributed by atoms with Crippen LogP contribution in [-0.4, -0.2) is 43.7 Å². The van der Waals surface area contributed by atoms with Crippen molar-refractivity contribution in [3.8, 4) is 0 Å². The highest BCUT2D eigenvalue weighted by molar-refractivity contribution is 5.87. The second-order valence-electron chi connectivity index (χ2n) is 5.79. The summed E-state index contributed by atoms with van der Waals surface area (Å²) >= 11 is 0. The second kappa shape index (κ2) is 8.21. The van der Waals surface area contributed by atoms with Crippen LogP contribution in [0.25, 0.3) is 0 Å². The number of hydrogen-bond acceptors (Lipinski definition) is 4. The van der Waals surface area contributed by atoms with E-state index in [1.807, 2.05) is 20.8 Å². The highest BCUT2D eigenvalue weighted by Crippen LogP contribution is 2.18. The molecule has 0 radical (unpaired) electrons. The van der Waals surface area contributed by atoms with Crippen LogP contribution in [0, 0.1) is 11.8 Å². The summed E-state index contributed by atoms with van der Waals surface area (Å²) in [5, 5.41) is 5.49. The van der Waals surface area contributed by atoms with Crippen LogP contribution in [0.1, 0.15) is 33.6 Å². The first-order valence-electron chi connectivity index (χ1n) is 7.32. The van der Waals surface area contributed by atoms with Crippen LogP contribution in [0.2, 0.25) is 0 Å². The van der Waals surface area contributed by atoms with Crippen molar-refractivity contribution in [1.82, 2.24) is 10.6 Å². The van der Waals surface area contributed by atoms with Gasteiger partial charge in [-0.1, -0.05) is 13.8 Å². The third-order valence-corrected chi connectivity index (χ3v) is 3.81. The van der Waals surface area contributed by atoms with Gasteiger partial charge >= 0.3 is 0 Å². The van der Waals surface area contributed by atoms with Gasteiger partial charge in [0, 0.05) is 19.3 Å². The van der Waals surface area contributed by atoms with Crippen LogP contribution in [0.5, 0.6) is 0 Å². The molecular weight excluding hydrogens is 258 g/mol. The van der Waals surface area contributed by atoms with E-state index in [4.69, 9.17) is 10.5 Å². The molecule has 0 spiro atoms. The molecule has 0 aromatic rings. The van der Waals surface area contributed by atoms with Gasteiger partial charge in [0.1, 0.15) is 0 Å². The molecule has 1 unspecified atom stereocenters. The number of carbonyl (C=O) groups excluding carboxylic acids is 2. The molecule has 4 N–H and O–H groups in total. The van der Waals surface area contributed by atoms with E-state index in [1.165, 1.54) is 0 Å². The monoisotopic (exact) mass is 285 g/mol. The van der Waals surface area contributed by atoms with Gasteiger partial charge in [0.05, 0.1) is 12.6 Å². The van der Waals surface area contributed by atoms with Crippen LogP contribution in [-0.2, 0) is 14.3 Å². The molecule has 0 saturated carbocycles. The highest BCUT2D eigenvalue weighted by atomic mass is 16.5. The normalized spacial score (nSPS) is 19.4. The Morgan fingerprint density at radius 1 is 1.25 bits per heavy atom. The Hall–Kier alpha value is -1.14. The molecular formula is C14H27N3O3. The summed E-state index contributed by atoms with van der Waals surface area (Å²) in [5.74, 6) is 0.0442. The van der Waals surface area contributed by atoms with E-state index in [0.717, 1.165) is 26.1 Å². The fourth-order valence-electron chi connectivity index (χ4n) is 2.23. The molecule has 1 aliphatic rings. The lowest BCUT2D eigenvalue weighted by molar-refractivity contribution is -0.127. The minimum Gasteiger partial charge on any atom is -0.381 e. The number of carbonyl (C=O) groups is 2. The quantitative estimate of drug-likeness (QED) is 0.641. The molecule has 1 rings (SSSR count). The van der Waals surface area contributed by atoms with Gasteiger partial charge in [0.25, 0.3) is 0 Å². The Bertz CT molecular complexity index is 328. The molecule has 0 aliphatic carbocycles. The Balaban J connectivity index is 2.27. The first kappa shape index (κ1) is 16.9. The molecule has 0 bridgehead atoms. The van der Waals surface area contributed by atoms with Crippen LogP contribution in [0.4, 0.5) is 0 Å². The lowest BCUT2D eigenvalue weighted by atomic mass is 9.93. The first-order chi connectivity index (χ1) is 9.41. The summed E-state index contributed by atoms with van der Waals surface area (Å²) in [6, 6.07) is -0.474. The third-order valence-electron chi connectivity index (χ3n) is 3.81. The van der Waals surface area contributed by atoms with E-state index in [-0.39, 0.29) is 30.3 Å². The molecule has 1 aliphatic heterocycles. The Morgan fingerprint density at radius 3 is 2.40 bits per heavy atom. The largest absolute Gasteiger partial charge is 0.381 e. The maximum absolute atomic E-state index is 11.8. The average molecular weight is 285 g/mol. The number of amides is 2. The number of nitrogens with one attached hydrogen (secondary N) is 2. The Labute approximate surface area is 120 Å². The predicted molar refractivity (Wildman–Crippen MR) is 77.0 cm³/mol. The van der Waals surface area contributed by atoms with Crippen LogP contribution >= 0.6 is 0 Å². The molecule has 2 amide bonds. The molecule has 20 heavy (non-hydrogen) atoms. The lowest BCUT2D eigenvalue weighted by Crippen LogP contribution is -2.49. The topological polar surface area (TPSA) is 93.5 Å². The molecule has 2 atom stereocenters. The number of hydrogen-bond donors (Lipinski definition) is 3. The van der Waals surface area contributed by atoms with Crippen molar-refractivity contribution in [3.05, 3.63) is 0 Å². The van der Waals surface area contributed by atoms with Crippen LogP contribution < -0.4 is 16.4 Å². The van der Waals surface area contributed by atoms with Crippen molar-refractivity contribution in [3.63, 3.8) is 0 Å². The van der Waals surface area contributed by atoms with Gasteiger partial charge in [-0.05, 0) is 31.6 Å². The van der Waals surface area contributed by atoms with Gasteiger partial charge < -0.3 is 21.1 Å². The minimum absolute atomic E-state index is 0.0210. The smallest absolute Gasteiger partial charge is 0.239 e. The lowest BCUT2D eigenvalue weighted by Gasteiger charge is -2.28. The number of rotatable bonds is 6. The van der Waals surface area contributed by atoms with Gasteiger partial charge in [0.15, 0.2) is 0 Å². The van der Waals surface area contributed by atoms with E-state index in [0.29, 0.717) is 5.92 Å². The van der Waals surface area contributed by atoms with Gasteiger partial charge in [-0.3, -0.25) is 9.59 Å². The first-order valence-corrected chi connectivity index (χ1v) is 7.32. The zero-order valence-corrected chi connectivity index (χ0v) is 12.6. The SMILES string of the molecule is CC(NC(=O)CNC(=O)[C@@H](N)C(C)C)C1CCOCC1. The Kier molecular flexibility index (Phi) is 6.95. The highest BCUT2D eigenvalue weighted by Gasteiger charge is 2.22. The minimum atomic E-state index is -0.573. The van der Waals surface area contributed by atoms with Gasteiger partial charge in [-0.15, -0.1) is 0 Å². The maximum Gasteiger partial charge on any atom is 0.239 e. The predicted octanol–water partition coefficient (Wildman–Crippen LogP) is 0.0172.